The second-order valence-corrected chi connectivity index (χ2v) is 3.56. The molecule has 0 rings (SSSR count). The Kier molecular flexibility index (Phi) is 19.7. The van der Waals surface area contributed by atoms with Crippen LogP contribution in [0.25, 0.3) is 0 Å². The van der Waals surface area contributed by atoms with Crippen molar-refractivity contribution in [2.75, 3.05) is 6.61 Å². The second kappa shape index (κ2) is 16.1. The van der Waals surface area contributed by atoms with E-state index in [2.05, 4.69) is 13.0 Å². The third-order valence-electron chi connectivity index (χ3n) is 2.25. The van der Waals surface area contributed by atoms with Crippen LogP contribution in [0.1, 0.15) is 58.3 Å². The van der Waals surface area contributed by atoms with Gasteiger partial charge in [0.1, 0.15) is 0 Å². The van der Waals surface area contributed by atoms with Gasteiger partial charge in [0.05, 0.1) is 6.61 Å². The fraction of sp³-hybridized carbons (Fsp3) is 0.833. The van der Waals surface area contributed by atoms with Gasteiger partial charge in [0.2, 0.25) is 0 Å². The van der Waals surface area contributed by atoms with Gasteiger partial charge in [-0.3, -0.25) is 0 Å². The number of aliphatic hydroxyl groups is 1. The van der Waals surface area contributed by atoms with Gasteiger partial charge < -0.3 is 5.11 Å². The monoisotopic (exact) mass is 208 g/mol. The summed E-state index contributed by atoms with van der Waals surface area (Å²) in [6, 6.07) is 0. The first kappa shape index (κ1) is 17.1. The van der Waals surface area contributed by atoms with E-state index in [9.17, 15) is 0 Å². The average molecular weight is 208 g/mol. The molecule has 0 aliphatic rings. The average Bonchev–Trinajstić information content (AvgIpc) is 2.16. The van der Waals surface area contributed by atoms with Crippen molar-refractivity contribution in [3.05, 3.63) is 12.2 Å². The molecule has 0 fully saturated rings. The summed E-state index contributed by atoms with van der Waals surface area (Å²) in [5, 5.41) is 8.48. The van der Waals surface area contributed by atoms with Crippen LogP contribution in [-0.4, -0.2) is 41.3 Å². The van der Waals surface area contributed by atoms with Crippen molar-refractivity contribution in [2.24, 2.45) is 0 Å². The van der Waals surface area contributed by atoms with Crippen molar-refractivity contribution in [2.45, 2.75) is 58.3 Å². The van der Waals surface area contributed by atoms with E-state index >= 15 is 0 Å². The van der Waals surface area contributed by atoms with E-state index in [1.54, 1.807) is 0 Å². The van der Waals surface area contributed by atoms with Gasteiger partial charge in [-0.25, -0.2) is 0 Å². The molecule has 0 atom stereocenters. The summed E-state index contributed by atoms with van der Waals surface area (Å²) in [4.78, 5) is 0. The van der Waals surface area contributed by atoms with Crippen LogP contribution in [0.15, 0.2) is 12.2 Å². The molecule has 2 heteroatoms. The van der Waals surface area contributed by atoms with E-state index in [4.69, 9.17) is 5.11 Å². The third-order valence-corrected chi connectivity index (χ3v) is 2.25. The molecule has 0 bridgehead atoms. The van der Waals surface area contributed by atoms with Gasteiger partial charge in [0.25, 0.3) is 0 Å². The maximum atomic E-state index is 8.48. The van der Waals surface area contributed by atoms with Gasteiger partial charge in [0, 0.05) is 0 Å². The van der Waals surface area contributed by atoms with Crippen molar-refractivity contribution >= 4 is 29.6 Å². The van der Waals surface area contributed by atoms with Gasteiger partial charge in [-0.2, -0.15) is 0 Å². The summed E-state index contributed by atoms with van der Waals surface area (Å²) in [5.41, 5.74) is 0. The van der Waals surface area contributed by atoms with Crippen LogP contribution in [0.2, 0.25) is 0 Å². The molecule has 0 unspecified atom stereocenters. The summed E-state index contributed by atoms with van der Waals surface area (Å²) in [5.74, 6) is 0. The van der Waals surface area contributed by atoms with Gasteiger partial charge in [0.15, 0.2) is 0 Å². The zero-order valence-corrected chi connectivity index (χ0v) is 8.97. The number of hydrogen-bond acceptors (Lipinski definition) is 1. The van der Waals surface area contributed by atoms with Crippen molar-refractivity contribution in [1.29, 1.82) is 0 Å². The van der Waals surface area contributed by atoms with E-state index in [1.807, 2.05) is 6.08 Å². The van der Waals surface area contributed by atoms with E-state index in [-0.39, 0.29) is 36.2 Å². The molecule has 0 aromatic carbocycles. The van der Waals surface area contributed by atoms with Crippen LogP contribution in [0.4, 0.5) is 0 Å². The first-order valence-electron chi connectivity index (χ1n) is 5.67. The van der Waals surface area contributed by atoms with Crippen LogP contribution >= 0.6 is 0 Å². The zero-order chi connectivity index (χ0) is 9.78. The van der Waals surface area contributed by atoms with Crippen LogP contribution in [0, 0.1) is 0 Å². The van der Waals surface area contributed by atoms with Gasteiger partial charge in [-0.05, 0) is 12.8 Å². The fourth-order valence-electron chi connectivity index (χ4n) is 1.41. The van der Waals surface area contributed by atoms with Gasteiger partial charge >= 0.3 is 29.6 Å². The second-order valence-electron chi connectivity index (χ2n) is 3.56. The molecule has 0 radical (unpaired) electrons. The SMILES string of the molecule is CCCCCCCCC/C=C/CO.[NaH]. The maximum absolute atomic E-state index is 8.48. The summed E-state index contributed by atoms with van der Waals surface area (Å²) >= 11 is 0. The molecular formula is C12H25NaO. The Morgan fingerprint density at radius 2 is 1.43 bits per heavy atom. The molecule has 0 saturated carbocycles. The topological polar surface area (TPSA) is 20.2 Å². The predicted octanol–water partition coefficient (Wildman–Crippen LogP) is 3.03. The number of aliphatic hydroxyl groups excluding tert-OH is 1. The molecule has 80 valence electrons. The van der Waals surface area contributed by atoms with E-state index in [0.29, 0.717) is 0 Å². The molecule has 1 N–H and O–H groups in total. The Hall–Kier alpha value is 0.700. The summed E-state index contributed by atoms with van der Waals surface area (Å²) < 4.78 is 0. The molecule has 0 saturated heterocycles. The molecular weight excluding hydrogens is 183 g/mol. The minimum atomic E-state index is 0. The van der Waals surface area contributed by atoms with Crippen molar-refractivity contribution in [3.63, 3.8) is 0 Å². The Morgan fingerprint density at radius 1 is 0.857 bits per heavy atom. The van der Waals surface area contributed by atoms with Crippen LogP contribution in [0.3, 0.4) is 0 Å². The molecule has 0 aliphatic heterocycles. The molecule has 0 spiro atoms. The molecule has 0 amide bonds. The number of hydrogen-bond donors (Lipinski definition) is 1. The Bertz CT molecular complexity index is 113. The quantitative estimate of drug-likeness (QED) is 0.351. The van der Waals surface area contributed by atoms with Crippen molar-refractivity contribution < 1.29 is 5.11 Å². The summed E-state index contributed by atoms with van der Waals surface area (Å²) in [6.07, 6.45) is 14.6. The Labute approximate surface area is 111 Å². The van der Waals surface area contributed by atoms with E-state index in [1.165, 1.54) is 44.9 Å². The first-order valence-corrected chi connectivity index (χ1v) is 5.67. The zero-order valence-electron chi connectivity index (χ0n) is 8.97. The van der Waals surface area contributed by atoms with E-state index in [0.717, 1.165) is 6.42 Å². The molecule has 1 nitrogen and oxygen atoms in total. The van der Waals surface area contributed by atoms with Gasteiger partial charge in [-0.15, -0.1) is 0 Å². The minimum absolute atomic E-state index is 0. The van der Waals surface area contributed by atoms with Crippen LogP contribution < -0.4 is 0 Å². The normalized spacial score (nSPS) is 10.4. The predicted molar refractivity (Wildman–Crippen MR) is 66.0 cm³/mol. The summed E-state index contributed by atoms with van der Waals surface area (Å²) in [6.45, 7) is 2.44. The van der Waals surface area contributed by atoms with Crippen molar-refractivity contribution in [1.82, 2.24) is 0 Å². The molecule has 14 heavy (non-hydrogen) atoms. The Morgan fingerprint density at radius 3 is 2.00 bits per heavy atom. The molecule has 0 aromatic heterocycles. The standard InChI is InChI=1S/C12H24O.Na.H/c1-2-3-4-5-6-7-8-9-10-11-12-13;;/h10-11,13H,2-9,12H2,1H3;;/b11-10+;;. The van der Waals surface area contributed by atoms with Crippen LogP contribution in [0.5, 0.6) is 0 Å². The van der Waals surface area contributed by atoms with Crippen LogP contribution in [-0.2, 0) is 0 Å². The fourth-order valence-corrected chi connectivity index (χ4v) is 1.41. The number of rotatable bonds is 9. The third kappa shape index (κ3) is 15.2. The Balaban J connectivity index is 0. The first-order chi connectivity index (χ1) is 6.41. The van der Waals surface area contributed by atoms with Gasteiger partial charge in [-0.1, -0.05) is 57.6 Å². The molecule has 0 aromatic rings. The molecule has 0 aliphatic carbocycles. The van der Waals surface area contributed by atoms with Crippen molar-refractivity contribution in [3.8, 4) is 0 Å². The number of unbranched alkanes of at least 4 members (excludes halogenated alkanes) is 7. The van der Waals surface area contributed by atoms with E-state index < -0.39 is 0 Å². The molecule has 0 heterocycles. The summed E-state index contributed by atoms with van der Waals surface area (Å²) in [7, 11) is 0. The number of allylic oxidation sites excluding steroid dienone is 1.